The maximum Gasteiger partial charge on any atom is 0.270 e. The fraction of sp³-hybridized carbons (Fsp3) is 0.111. The molecule has 0 saturated carbocycles. The Morgan fingerprint density at radius 1 is 1.10 bits per heavy atom. The van der Waals surface area contributed by atoms with E-state index in [-0.39, 0.29) is 29.6 Å². The molecule has 2 aromatic carbocycles. The zero-order chi connectivity index (χ0) is 20.9. The molecule has 0 spiro atoms. The van der Waals surface area contributed by atoms with Crippen LogP contribution in [0.4, 0.5) is 5.69 Å². The van der Waals surface area contributed by atoms with Gasteiger partial charge in [0, 0.05) is 30.8 Å². The molecule has 1 aromatic heterocycles. The first kappa shape index (κ1) is 20.6. The van der Waals surface area contributed by atoms with Crippen LogP contribution in [0.3, 0.4) is 0 Å². The molecule has 29 heavy (non-hydrogen) atoms. The molecule has 0 radical (unpaired) electrons. The van der Waals surface area contributed by atoms with Gasteiger partial charge >= 0.3 is 0 Å². The molecule has 0 bridgehead atoms. The van der Waals surface area contributed by atoms with Crippen molar-refractivity contribution in [2.75, 3.05) is 13.1 Å². The van der Waals surface area contributed by atoms with Crippen LogP contribution in [-0.2, 0) is 10.0 Å². The van der Waals surface area contributed by atoms with Crippen molar-refractivity contribution in [1.29, 1.82) is 0 Å². The van der Waals surface area contributed by atoms with Crippen LogP contribution in [-0.4, -0.2) is 37.3 Å². The molecular weight excluding hydrogens is 416 g/mol. The Morgan fingerprint density at radius 3 is 2.59 bits per heavy atom. The Kier molecular flexibility index (Phi) is 6.32. The minimum Gasteiger partial charge on any atom is -0.350 e. The number of amides is 1. The van der Waals surface area contributed by atoms with Crippen molar-refractivity contribution >= 4 is 33.0 Å². The molecule has 0 fully saturated rings. The molecule has 9 nitrogen and oxygen atoms in total. The molecule has 2 N–H and O–H groups in total. The summed E-state index contributed by atoms with van der Waals surface area (Å²) in [7, 11) is -3.93. The summed E-state index contributed by atoms with van der Waals surface area (Å²) < 4.78 is 26.8. The molecule has 3 rings (SSSR count). The van der Waals surface area contributed by atoms with Crippen LogP contribution < -0.4 is 10.0 Å². The normalized spacial score (nSPS) is 11.2. The summed E-state index contributed by atoms with van der Waals surface area (Å²) in [5, 5.41) is 14.1. The molecule has 1 amide bonds. The zero-order valence-corrected chi connectivity index (χ0v) is 16.6. The number of carbonyl (C=O) groups excluding carboxylic acids is 1. The largest absolute Gasteiger partial charge is 0.350 e. The van der Waals surface area contributed by atoms with Gasteiger partial charge in [-0.15, -0.1) is 11.3 Å². The average molecular weight is 432 g/mol. The number of aromatic nitrogens is 1. The number of thiazole rings is 1. The van der Waals surface area contributed by atoms with E-state index in [2.05, 4.69) is 15.0 Å². The van der Waals surface area contributed by atoms with E-state index >= 15 is 0 Å². The van der Waals surface area contributed by atoms with Crippen LogP contribution >= 0.6 is 11.3 Å². The Bertz CT molecular complexity index is 1130. The molecule has 0 aliphatic heterocycles. The van der Waals surface area contributed by atoms with Gasteiger partial charge in [-0.1, -0.05) is 36.4 Å². The van der Waals surface area contributed by atoms with E-state index in [0.29, 0.717) is 9.88 Å². The van der Waals surface area contributed by atoms with Crippen LogP contribution in [0.25, 0.3) is 10.6 Å². The number of rotatable bonds is 8. The third-order valence-corrected chi connectivity index (χ3v) is 6.30. The summed E-state index contributed by atoms with van der Waals surface area (Å²) in [6, 6.07) is 14.2. The molecule has 0 aliphatic rings. The first-order chi connectivity index (χ1) is 13.9. The fourth-order valence-electron chi connectivity index (χ4n) is 2.39. The second-order valence-electron chi connectivity index (χ2n) is 5.80. The van der Waals surface area contributed by atoms with Gasteiger partial charge in [-0.3, -0.25) is 14.9 Å². The van der Waals surface area contributed by atoms with Crippen LogP contribution in [0.5, 0.6) is 0 Å². The van der Waals surface area contributed by atoms with Crippen molar-refractivity contribution in [2.45, 2.75) is 4.90 Å². The smallest absolute Gasteiger partial charge is 0.270 e. The van der Waals surface area contributed by atoms with E-state index < -0.39 is 14.9 Å². The molecule has 150 valence electrons. The van der Waals surface area contributed by atoms with Crippen molar-refractivity contribution in [3.63, 3.8) is 0 Å². The van der Waals surface area contributed by atoms with E-state index in [1.807, 2.05) is 30.3 Å². The number of carbonyl (C=O) groups is 1. The molecule has 1 heterocycles. The molecular formula is C18H16N4O5S2. The van der Waals surface area contributed by atoms with E-state index in [4.69, 9.17) is 0 Å². The first-order valence-corrected chi connectivity index (χ1v) is 10.7. The molecule has 0 unspecified atom stereocenters. The van der Waals surface area contributed by atoms with E-state index in [1.165, 1.54) is 35.7 Å². The molecule has 0 atom stereocenters. The number of non-ortho nitro benzene ring substituents is 1. The quantitative estimate of drug-likeness (QED) is 0.319. The Labute approximate surface area is 170 Å². The summed E-state index contributed by atoms with van der Waals surface area (Å²) in [5.74, 6) is -0.362. The lowest BCUT2D eigenvalue weighted by atomic mass is 10.2. The number of sulfonamides is 1. The van der Waals surface area contributed by atoms with Crippen LogP contribution in [0.1, 0.15) is 9.67 Å². The SMILES string of the molecule is O=C(NCCNS(=O)(=O)c1cccc([N+](=O)[O-])c1)c1cnc(-c2ccccc2)s1. The predicted octanol–water partition coefficient (Wildman–Crippen LogP) is 2.43. The van der Waals surface area contributed by atoms with Crippen LogP contribution in [0.2, 0.25) is 0 Å². The highest BCUT2D eigenvalue weighted by molar-refractivity contribution is 7.89. The summed E-state index contributed by atoms with van der Waals surface area (Å²) in [6.07, 6.45) is 1.47. The number of hydrogen-bond donors (Lipinski definition) is 2. The molecule has 0 aliphatic carbocycles. The minimum absolute atomic E-state index is 0.0472. The lowest BCUT2D eigenvalue weighted by Crippen LogP contribution is -2.34. The summed E-state index contributed by atoms with van der Waals surface area (Å²) in [6.45, 7) is -0.0212. The Balaban J connectivity index is 1.54. The van der Waals surface area contributed by atoms with Crippen molar-refractivity contribution in [3.05, 3.63) is 75.8 Å². The van der Waals surface area contributed by atoms with Gasteiger partial charge in [0.2, 0.25) is 10.0 Å². The monoisotopic (exact) mass is 432 g/mol. The highest BCUT2D eigenvalue weighted by Crippen LogP contribution is 2.24. The van der Waals surface area contributed by atoms with E-state index in [0.717, 1.165) is 11.6 Å². The third-order valence-electron chi connectivity index (χ3n) is 3.79. The van der Waals surface area contributed by atoms with Crippen LogP contribution in [0.15, 0.2) is 65.7 Å². The second-order valence-corrected chi connectivity index (χ2v) is 8.60. The van der Waals surface area contributed by atoms with Gasteiger partial charge in [0.1, 0.15) is 9.88 Å². The number of nitro groups is 1. The maximum absolute atomic E-state index is 12.2. The lowest BCUT2D eigenvalue weighted by Gasteiger charge is -2.07. The number of nitro benzene ring substituents is 1. The number of nitrogens with one attached hydrogen (secondary N) is 2. The van der Waals surface area contributed by atoms with E-state index in [9.17, 15) is 23.3 Å². The van der Waals surface area contributed by atoms with Crippen LogP contribution in [0, 0.1) is 10.1 Å². The van der Waals surface area contributed by atoms with Gasteiger partial charge < -0.3 is 5.32 Å². The lowest BCUT2D eigenvalue weighted by molar-refractivity contribution is -0.385. The number of nitrogens with zero attached hydrogens (tertiary/aromatic N) is 2. The Morgan fingerprint density at radius 2 is 1.86 bits per heavy atom. The maximum atomic E-state index is 12.2. The van der Waals surface area contributed by atoms with Gasteiger partial charge in [0.15, 0.2) is 0 Å². The third kappa shape index (κ3) is 5.22. The number of hydrogen-bond acceptors (Lipinski definition) is 7. The molecule has 0 saturated heterocycles. The first-order valence-electron chi connectivity index (χ1n) is 8.40. The van der Waals surface area contributed by atoms with Gasteiger partial charge in [-0.25, -0.2) is 18.1 Å². The van der Waals surface area contributed by atoms with Crippen molar-refractivity contribution in [1.82, 2.24) is 15.0 Å². The molecule has 11 heteroatoms. The van der Waals surface area contributed by atoms with Gasteiger partial charge in [0.25, 0.3) is 11.6 Å². The fourth-order valence-corrected chi connectivity index (χ4v) is 4.30. The minimum atomic E-state index is -3.93. The van der Waals surface area contributed by atoms with Gasteiger partial charge in [-0.05, 0) is 6.07 Å². The van der Waals surface area contributed by atoms with Gasteiger partial charge in [0.05, 0.1) is 16.0 Å². The van der Waals surface area contributed by atoms with Gasteiger partial charge in [-0.2, -0.15) is 0 Å². The zero-order valence-electron chi connectivity index (χ0n) is 14.9. The second kappa shape index (κ2) is 8.90. The standard InChI is InChI=1S/C18H16N4O5S2/c23-17(16-12-20-18(28-16)13-5-2-1-3-6-13)19-9-10-21-29(26,27)15-8-4-7-14(11-15)22(24)25/h1-8,11-12,21H,9-10H2,(H,19,23). The van der Waals surface area contributed by atoms with Crippen molar-refractivity contribution in [3.8, 4) is 10.6 Å². The summed E-state index contributed by atoms with van der Waals surface area (Å²) in [5.41, 5.74) is 0.585. The molecule has 3 aromatic rings. The van der Waals surface area contributed by atoms with Crippen molar-refractivity contribution in [2.24, 2.45) is 0 Å². The number of benzene rings is 2. The summed E-state index contributed by atoms with van der Waals surface area (Å²) in [4.78, 5) is 26.7. The van der Waals surface area contributed by atoms with Crippen molar-refractivity contribution < 1.29 is 18.1 Å². The van der Waals surface area contributed by atoms with E-state index in [1.54, 1.807) is 0 Å². The summed E-state index contributed by atoms with van der Waals surface area (Å²) >= 11 is 1.23. The predicted molar refractivity (Wildman–Crippen MR) is 108 cm³/mol. The average Bonchev–Trinajstić information content (AvgIpc) is 3.22. The highest BCUT2D eigenvalue weighted by atomic mass is 32.2. The highest BCUT2D eigenvalue weighted by Gasteiger charge is 2.17. The Hall–Kier alpha value is -3.15. The topological polar surface area (TPSA) is 131 Å².